The highest BCUT2D eigenvalue weighted by Crippen LogP contribution is 2.35. The van der Waals surface area contributed by atoms with Gasteiger partial charge in [0.05, 0.1) is 17.7 Å². The normalized spacial score (nSPS) is 10.1. The predicted molar refractivity (Wildman–Crippen MR) is 92.5 cm³/mol. The van der Waals surface area contributed by atoms with Crippen LogP contribution in [0.2, 0.25) is 0 Å². The molecule has 0 fully saturated rings. The summed E-state index contributed by atoms with van der Waals surface area (Å²) in [6.07, 6.45) is 4.39. The standard InChI is InChI=1S/C16H14N6O3/c1-25-13-5-3-2-4-12(13)21-16-14(22(23)24)15(18-10-19-16)20-11-6-8-17-9-7-11/h2-10H,1H3,(H2,17,18,19,20,21). The Balaban J connectivity index is 1.99. The number of ether oxygens (including phenoxy) is 1. The second-order valence-electron chi connectivity index (χ2n) is 4.86. The maximum absolute atomic E-state index is 11.6. The van der Waals surface area contributed by atoms with Crippen molar-refractivity contribution in [3.05, 3.63) is 65.2 Å². The molecule has 1 aromatic carbocycles. The third-order valence-corrected chi connectivity index (χ3v) is 3.31. The summed E-state index contributed by atoms with van der Waals surface area (Å²) in [5, 5.41) is 17.4. The van der Waals surface area contributed by atoms with Crippen molar-refractivity contribution in [2.75, 3.05) is 17.7 Å². The van der Waals surface area contributed by atoms with Gasteiger partial charge in [-0.3, -0.25) is 15.1 Å². The molecular formula is C16H14N6O3. The van der Waals surface area contributed by atoms with E-state index in [9.17, 15) is 10.1 Å². The Kier molecular flexibility index (Phi) is 4.65. The number of hydrogen-bond acceptors (Lipinski definition) is 8. The van der Waals surface area contributed by atoms with Crippen LogP contribution in [-0.4, -0.2) is 27.0 Å². The Morgan fingerprint density at radius 2 is 1.72 bits per heavy atom. The lowest BCUT2D eigenvalue weighted by atomic mass is 10.3. The van der Waals surface area contributed by atoms with Crippen LogP contribution in [0.4, 0.5) is 28.7 Å². The fourth-order valence-corrected chi connectivity index (χ4v) is 2.18. The highest BCUT2D eigenvalue weighted by atomic mass is 16.6. The van der Waals surface area contributed by atoms with E-state index >= 15 is 0 Å². The summed E-state index contributed by atoms with van der Waals surface area (Å²) in [4.78, 5) is 22.9. The van der Waals surface area contributed by atoms with E-state index in [4.69, 9.17) is 4.74 Å². The number of nitrogens with zero attached hydrogens (tertiary/aromatic N) is 4. The monoisotopic (exact) mass is 338 g/mol. The van der Waals surface area contributed by atoms with Crippen LogP contribution in [0, 0.1) is 10.1 Å². The molecule has 126 valence electrons. The average Bonchev–Trinajstić information content (AvgIpc) is 2.63. The summed E-state index contributed by atoms with van der Waals surface area (Å²) in [5.41, 5.74) is 0.909. The predicted octanol–water partition coefficient (Wildman–Crippen LogP) is 3.28. The van der Waals surface area contributed by atoms with E-state index in [0.29, 0.717) is 17.1 Å². The van der Waals surface area contributed by atoms with E-state index in [1.54, 1.807) is 48.8 Å². The SMILES string of the molecule is COc1ccccc1Nc1ncnc(Nc2ccncc2)c1[N+](=O)[O-]. The first kappa shape index (κ1) is 16.1. The zero-order valence-corrected chi connectivity index (χ0v) is 13.2. The number of aromatic nitrogens is 3. The number of rotatable bonds is 6. The van der Waals surface area contributed by atoms with E-state index < -0.39 is 4.92 Å². The second kappa shape index (κ2) is 7.21. The molecule has 2 heterocycles. The molecule has 9 heteroatoms. The van der Waals surface area contributed by atoms with E-state index in [1.807, 2.05) is 0 Å². The number of pyridine rings is 1. The van der Waals surface area contributed by atoms with Gasteiger partial charge in [-0.25, -0.2) is 9.97 Å². The van der Waals surface area contributed by atoms with E-state index in [2.05, 4.69) is 25.6 Å². The van der Waals surface area contributed by atoms with Gasteiger partial charge >= 0.3 is 5.69 Å². The van der Waals surface area contributed by atoms with Gasteiger partial charge in [-0.1, -0.05) is 12.1 Å². The number of hydrogen-bond donors (Lipinski definition) is 2. The van der Waals surface area contributed by atoms with Gasteiger partial charge in [0.2, 0.25) is 11.6 Å². The Bertz CT molecular complexity index is 888. The lowest BCUT2D eigenvalue weighted by Gasteiger charge is -2.12. The van der Waals surface area contributed by atoms with E-state index in [1.165, 1.54) is 13.4 Å². The van der Waals surface area contributed by atoms with Crippen molar-refractivity contribution in [1.29, 1.82) is 0 Å². The maximum Gasteiger partial charge on any atom is 0.353 e. The van der Waals surface area contributed by atoms with Crippen molar-refractivity contribution in [3.63, 3.8) is 0 Å². The van der Waals surface area contributed by atoms with Gasteiger partial charge in [-0.15, -0.1) is 0 Å². The summed E-state index contributed by atoms with van der Waals surface area (Å²) >= 11 is 0. The van der Waals surface area contributed by atoms with Gasteiger partial charge in [0.1, 0.15) is 12.1 Å². The molecule has 3 aromatic rings. The largest absolute Gasteiger partial charge is 0.495 e. The van der Waals surface area contributed by atoms with Crippen LogP contribution in [0.3, 0.4) is 0 Å². The fourth-order valence-electron chi connectivity index (χ4n) is 2.18. The topological polar surface area (TPSA) is 115 Å². The molecule has 0 aliphatic carbocycles. The zero-order chi connectivity index (χ0) is 17.6. The minimum atomic E-state index is -0.540. The van der Waals surface area contributed by atoms with Crippen molar-refractivity contribution < 1.29 is 9.66 Å². The van der Waals surface area contributed by atoms with Gasteiger partial charge in [0.15, 0.2) is 0 Å². The van der Waals surface area contributed by atoms with Gasteiger partial charge < -0.3 is 15.4 Å². The van der Waals surface area contributed by atoms with E-state index in [-0.39, 0.29) is 17.3 Å². The molecule has 0 saturated carbocycles. The molecule has 0 saturated heterocycles. The molecule has 3 rings (SSSR count). The Morgan fingerprint density at radius 3 is 2.40 bits per heavy atom. The van der Waals surface area contributed by atoms with Crippen LogP contribution in [0.25, 0.3) is 0 Å². The van der Waals surface area contributed by atoms with Gasteiger partial charge in [0, 0.05) is 18.1 Å². The fraction of sp³-hybridized carbons (Fsp3) is 0.0625. The van der Waals surface area contributed by atoms with Crippen molar-refractivity contribution >= 4 is 28.7 Å². The highest BCUT2D eigenvalue weighted by Gasteiger charge is 2.24. The third kappa shape index (κ3) is 3.61. The van der Waals surface area contributed by atoms with Crippen LogP contribution in [0.15, 0.2) is 55.1 Å². The van der Waals surface area contributed by atoms with Gasteiger partial charge in [0.25, 0.3) is 0 Å². The minimum absolute atomic E-state index is 0.0565. The van der Waals surface area contributed by atoms with Crippen LogP contribution in [0.5, 0.6) is 5.75 Å². The molecule has 0 unspecified atom stereocenters. The van der Waals surface area contributed by atoms with Crippen molar-refractivity contribution in [3.8, 4) is 5.75 Å². The second-order valence-corrected chi connectivity index (χ2v) is 4.86. The maximum atomic E-state index is 11.6. The number of nitro groups is 1. The van der Waals surface area contributed by atoms with Crippen molar-refractivity contribution in [2.24, 2.45) is 0 Å². The summed E-state index contributed by atoms with van der Waals surface area (Å²) < 4.78 is 5.25. The van der Waals surface area contributed by atoms with Crippen LogP contribution in [0.1, 0.15) is 0 Å². The first-order valence-electron chi connectivity index (χ1n) is 7.25. The molecule has 0 radical (unpaired) electrons. The lowest BCUT2D eigenvalue weighted by molar-refractivity contribution is -0.383. The Labute approximate surface area is 142 Å². The van der Waals surface area contributed by atoms with Crippen molar-refractivity contribution in [1.82, 2.24) is 15.0 Å². The summed E-state index contributed by atoms with van der Waals surface area (Å²) in [6, 6.07) is 10.4. The molecule has 0 aliphatic heterocycles. The average molecular weight is 338 g/mol. The summed E-state index contributed by atoms with van der Waals surface area (Å²) in [5.74, 6) is 0.670. The number of anilines is 4. The number of para-hydroxylation sites is 2. The zero-order valence-electron chi connectivity index (χ0n) is 13.2. The third-order valence-electron chi connectivity index (χ3n) is 3.31. The first-order valence-corrected chi connectivity index (χ1v) is 7.25. The Hall–Kier alpha value is -3.75. The van der Waals surface area contributed by atoms with Crippen LogP contribution >= 0.6 is 0 Å². The molecule has 25 heavy (non-hydrogen) atoms. The van der Waals surface area contributed by atoms with Gasteiger partial charge in [-0.05, 0) is 24.3 Å². The lowest BCUT2D eigenvalue weighted by Crippen LogP contribution is -2.06. The summed E-state index contributed by atoms with van der Waals surface area (Å²) in [6.45, 7) is 0. The molecule has 0 spiro atoms. The molecule has 9 nitrogen and oxygen atoms in total. The molecule has 0 aliphatic rings. The van der Waals surface area contributed by atoms with Crippen molar-refractivity contribution in [2.45, 2.75) is 0 Å². The number of methoxy groups -OCH3 is 1. The smallest absolute Gasteiger partial charge is 0.353 e. The summed E-state index contributed by atoms with van der Waals surface area (Å²) in [7, 11) is 1.52. The molecular weight excluding hydrogens is 324 g/mol. The molecule has 2 N–H and O–H groups in total. The number of nitrogens with one attached hydrogen (secondary N) is 2. The molecule has 0 amide bonds. The van der Waals surface area contributed by atoms with Gasteiger partial charge in [-0.2, -0.15) is 0 Å². The van der Waals surface area contributed by atoms with Crippen LogP contribution in [-0.2, 0) is 0 Å². The Morgan fingerprint density at radius 1 is 1.04 bits per heavy atom. The highest BCUT2D eigenvalue weighted by molar-refractivity contribution is 5.78. The minimum Gasteiger partial charge on any atom is -0.495 e. The van der Waals surface area contributed by atoms with E-state index in [0.717, 1.165) is 0 Å². The molecule has 0 bridgehead atoms. The number of benzene rings is 1. The first-order chi connectivity index (χ1) is 12.2. The molecule has 0 atom stereocenters. The quantitative estimate of drug-likeness (QED) is 0.520. The van der Waals surface area contributed by atoms with Crippen LogP contribution < -0.4 is 15.4 Å². The molecule has 2 aromatic heterocycles.